The standard InChI is InChI=1S/C68H71NOS2/c1-66(2,3)45-27-23-43(24-28-45)60(44-25-36-50(37-26-44)71(9,10)11)57-42-58-63(61-54-21-17-15-19-52(54)53-20-16-18-22-55(53)64(61)68(58,7)8)62-56-40-35-49(41-59(56)70-65(57)62)69(47-31-29-46(30-32-47)67(4,5)6)48-33-38-51(39-34-48)72(12,13)14/h15-42,60H,1-14H3. The van der Waals surface area contributed by atoms with Crippen LogP contribution in [0.5, 0.6) is 0 Å². The maximum atomic E-state index is 7.64. The first kappa shape index (κ1) is 48.1. The Morgan fingerprint density at radius 2 is 0.903 bits per heavy atom. The second-order valence-corrected chi connectivity index (χ2v) is 32.8. The van der Waals surface area contributed by atoms with Gasteiger partial charge in [0.05, 0.1) is 0 Å². The van der Waals surface area contributed by atoms with Gasteiger partial charge in [-0.05, 0) is 191 Å². The van der Waals surface area contributed by atoms with Crippen LogP contribution in [-0.4, -0.2) is 37.5 Å². The summed E-state index contributed by atoms with van der Waals surface area (Å²) in [6.07, 6.45) is 14.2. The fraction of sp³-hybridized carbons (Fsp3) is 0.265. The average Bonchev–Trinajstić information content (AvgIpc) is 3.83. The molecular formula is C68H71NOS2. The predicted octanol–water partition coefficient (Wildman–Crippen LogP) is 19.5. The van der Waals surface area contributed by atoms with Crippen LogP contribution in [0.25, 0.3) is 54.6 Å². The van der Waals surface area contributed by atoms with Crippen molar-refractivity contribution in [3.05, 3.63) is 209 Å². The normalized spacial score (nSPS) is 14.8. The molecule has 2 nitrogen and oxygen atoms in total. The maximum absolute atomic E-state index is 7.64. The van der Waals surface area contributed by atoms with Gasteiger partial charge in [0.2, 0.25) is 0 Å². The molecule has 0 N–H and O–H groups in total. The zero-order valence-corrected chi connectivity index (χ0v) is 46.5. The highest BCUT2D eigenvalue weighted by Crippen LogP contribution is 2.60. The lowest BCUT2D eigenvalue weighted by Gasteiger charge is -2.29. The Labute approximate surface area is 432 Å². The van der Waals surface area contributed by atoms with Gasteiger partial charge in [0.25, 0.3) is 0 Å². The molecule has 0 spiro atoms. The number of anilines is 3. The summed E-state index contributed by atoms with van der Waals surface area (Å²) in [7, 11) is -1.83. The molecule has 0 saturated carbocycles. The minimum absolute atomic E-state index is 0.0297. The molecular weight excluding hydrogens is 911 g/mol. The van der Waals surface area contributed by atoms with E-state index >= 15 is 0 Å². The van der Waals surface area contributed by atoms with Crippen molar-refractivity contribution in [3.8, 4) is 11.1 Å². The van der Waals surface area contributed by atoms with Gasteiger partial charge >= 0.3 is 0 Å². The van der Waals surface area contributed by atoms with E-state index in [-0.39, 0.29) is 22.2 Å². The number of benzene rings is 9. The van der Waals surface area contributed by atoms with Crippen LogP contribution in [0.4, 0.5) is 17.1 Å². The van der Waals surface area contributed by atoms with E-state index in [4.69, 9.17) is 4.42 Å². The largest absolute Gasteiger partial charge is 0.456 e. The molecule has 1 unspecified atom stereocenters. The van der Waals surface area contributed by atoms with Crippen LogP contribution in [0.1, 0.15) is 100 Å². The number of furan rings is 1. The van der Waals surface area contributed by atoms with E-state index in [0.29, 0.717) is 0 Å². The van der Waals surface area contributed by atoms with Crippen molar-refractivity contribution in [3.63, 3.8) is 0 Å². The summed E-state index contributed by atoms with van der Waals surface area (Å²) in [6.45, 7) is 18.7. The van der Waals surface area contributed by atoms with Crippen molar-refractivity contribution in [2.45, 2.75) is 87.3 Å². The van der Waals surface area contributed by atoms with Crippen molar-refractivity contribution in [2.75, 3.05) is 42.4 Å². The van der Waals surface area contributed by atoms with E-state index in [1.807, 2.05) is 0 Å². The van der Waals surface area contributed by atoms with Gasteiger partial charge in [0.15, 0.2) is 0 Å². The molecule has 0 bridgehead atoms. The summed E-state index contributed by atoms with van der Waals surface area (Å²) >= 11 is 0. The Morgan fingerprint density at radius 1 is 0.458 bits per heavy atom. The van der Waals surface area contributed by atoms with Gasteiger partial charge < -0.3 is 9.32 Å². The first-order valence-corrected chi connectivity index (χ1v) is 31.3. The van der Waals surface area contributed by atoms with Crippen LogP contribution in [0.2, 0.25) is 0 Å². The Hall–Kier alpha value is -6.20. The monoisotopic (exact) mass is 981 g/mol. The van der Waals surface area contributed by atoms with E-state index in [1.54, 1.807) is 0 Å². The lowest BCUT2D eigenvalue weighted by molar-refractivity contribution is 0.589. The lowest BCUT2D eigenvalue weighted by atomic mass is 9.76. The Bertz CT molecular complexity index is 3600. The van der Waals surface area contributed by atoms with Crippen LogP contribution < -0.4 is 4.90 Å². The molecule has 1 heterocycles. The molecule has 72 heavy (non-hydrogen) atoms. The summed E-state index contributed by atoms with van der Waals surface area (Å²) in [5.41, 5.74) is 16.6. The fourth-order valence-electron chi connectivity index (χ4n) is 11.6. The smallest absolute Gasteiger partial charge is 0.140 e. The molecule has 9 aromatic carbocycles. The third-order valence-corrected chi connectivity index (χ3v) is 19.0. The number of fused-ring (bicyclic) bond motifs is 12. The molecule has 1 aromatic heterocycles. The third kappa shape index (κ3) is 8.05. The van der Waals surface area contributed by atoms with Gasteiger partial charge in [-0.25, -0.2) is 20.1 Å². The van der Waals surface area contributed by atoms with Crippen molar-refractivity contribution in [1.82, 2.24) is 0 Å². The maximum Gasteiger partial charge on any atom is 0.140 e. The molecule has 0 fully saturated rings. The van der Waals surface area contributed by atoms with E-state index < -0.39 is 20.1 Å². The molecule has 1 aliphatic rings. The minimum Gasteiger partial charge on any atom is -0.456 e. The van der Waals surface area contributed by atoms with Gasteiger partial charge in [0, 0.05) is 50.8 Å². The Morgan fingerprint density at radius 3 is 1.43 bits per heavy atom. The summed E-state index contributed by atoms with van der Waals surface area (Å²) in [5.74, 6) is -0.0924. The SMILES string of the molecule is CC(C)(C)c1ccc(C(c2ccc(S(C)(C)C)cc2)c2cc3c(c4c2oc2cc(N(c5ccc(C(C)(C)C)cc5)c5ccc(S(C)(C)C)cc5)ccc24)-c2c(c4ccccc4c4ccccc24)C3(C)C)cc1. The van der Waals surface area contributed by atoms with E-state index in [1.165, 1.54) is 86.8 Å². The molecule has 0 amide bonds. The number of nitrogens with zero attached hydrogens (tertiary/aromatic N) is 1. The summed E-state index contributed by atoms with van der Waals surface area (Å²) in [5, 5.41) is 7.53. The minimum atomic E-state index is -0.929. The molecule has 4 heteroatoms. The van der Waals surface area contributed by atoms with Gasteiger partial charge in [-0.15, -0.1) is 0 Å². The molecule has 0 saturated heterocycles. The van der Waals surface area contributed by atoms with E-state index in [2.05, 4.69) is 268 Å². The predicted molar refractivity (Wildman–Crippen MR) is 319 cm³/mol. The van der Waals surface area contributed by atoms with Crippen LogP contribution in [0, 0.1) is 0 Å². The Balaban J connectivity index is 1.23. The first-order chi connectivity index (χ1) is 34.0. The summed E-state index contributed by atoms with van der Waals surface area (Å²) in [4.78, 5) is 5.21. The topological polar surface area (TPSA) is 16.4 Å². The summed E-state index contributed by atoms with van der Waals surface area (Å²) < 4.78 is 7.64. The molecule has 366 valence electrons. The Kier molecular flexibility index (Phi) is 11.3. The van der Waals surface area contributed by atoms with Crippen molar-refractivity contribution >= 4 is 80.6 Å². The quantitative estimate of drug-likeness (QED) is 0.111. The molecule has 11 rings (SSSR count). The van der Waals surface area contributed by atoms with Gasteiger partial charge in [-0.1, -0.05) is 152 Å². The molecule has 0 aliphatic heterocycles. The highest BCUT2D eigenvalue weighted by atomic mass is 32.3. The van der Waals surface area contributed by atoms with Crippen molar-refractivity contribution < 1.29 is 4.42 Å². The lowest BCUT2D eigenvalue weighted by Crippen LogP contribution is -2.17. The van der Waals surface area contributed by atoms with Gasteiger partial charge in [-0.3, -0.25) is 0 Å². The second kappa shape index (κ2) is 16.9. The van der Waals surface area contributed by atoms with Gasteiger partial charge in [0.1, 0.15) is 11.2 Å². The molecule has 10 aromatic rings. The highest BCUT2D eigenvalue weighted by molar-refractivity contribution is 8.32. The molecule has 0 radical (unpaired) electrons. The second-order valence-electron chi connectivity index (χ2n) is 24.5. The van der Waals surface area contributed by atoms with Gasteiger partial charge in [-0.2, -0.15) is 0 Å². The zero-order valence-electron chi connectivity index (χ0n) is 44.9. The number of hydrogen-bond donors (Lipinski definition) is 0. The van der Waals surface area contributed by atoms with Crippen LogP contribution in [0.15, 0.2) is 184 Å². The fourth-order valence-corrected chi connectivity index (χ4v) is 13.5. The summed E-state index contributed by atoms with van der Waals surface area (Å²) in [6, 6.07) is 65.1. The average molecular weight is 982 g/mol. The number of rotatable bonds is 8. The molecule has 1 atom stereocenters. The van der Waals surface area contributed by atoms with Crippen LogP contribution in [0.3, 0.4) is 0 Å². The van der Waals surface area contributed by atoms with Crippen molar-refractivity contribution in [1.29, 1.82) is 0 Å². The third-order valence-electron chi connectivity index (χ3n) is 15.6. The molecule has 1 aliphatic carbocycles. The number of hydrogen-bond acceptors (Lipinski definition) is 2. The first-order valence-electron chi connectivity index (χ1n) is 25.6. The van der Waals surface area contributed by atoms with E-state index in [0.717, 1.165) is 33.6 Å². The van der Waals surface area contributed by atoms with Crippen molar-refractivity contribution in [2.24, 2.45) is 0 Å². The van der Waals surface area contributed by atoms with Crippen LogP contribution in [-0.2, 0) is 16.2 Å². The van der Waals surface area contributed by atoms with Crippen LogP contribution >= 0.6 is 20.1 Å². The highest BCUT2D eigenvalue weighted by Gasteiger charge is 2.42. The van der Waals surface area contributed by atoms with E-state index in [9.17, 15) is 0 Å². The zero-order chi connectivity index (χ0) is 50.9.